The first-order valence-electron chi connectivity index (χ1n) is 8.84. The van der Waals surface area contributed by atoms with Crippen molar-refractivity contribution >= 4 is 11.6 Å². The number of amides is 1. The summed E-state index contributed by atoms with van der Waals surface area (Å²) in [5, 5.41) is 13.4. The average Bonchev–Trinajstić information content (AvgIpc) is 3.11. The van der Waals surface area contributed by atoms with E-state index >= 15 is 0 Å². The summed E-state index contributed by atoms with van der Waals surface area (Å²) < 4.78 is 20.6. The quantitative estimate of drug-likeness (QED) is 0.698. The number of hydrogen-bond donors (Lipinski definition) is 0. The van der Waals surface area contributed by atoms with Crippen molar-refractivity contribution in [3.8, 4) is 11.8 Å². The van der Waals surface area contributed by atoms with E-state index in [1.165, 1.54) is 12.1 Å². The van der Waals surface area contributed by atoms with E-state index in [1.54, 1.807) is 52.0 Å². The van der Waals surface area contributed by atoms with Crippen molar-refractivity contribution in [1.29, 1.82) is 5.26 Å². The zero-order valence-electron chi connectivity index (χ0n) is 15.2. The molecular weight excluding hydrogens is 359 g/mol. The number of ether oxygens (including phenoxy) is 1. The molecule has 0 radical (unpaired) electrons. The number of nitrogens with zero attached hydrogens (tertiary/aromatic N) is 4. The molecule has 2 heterocycles. The predicted molar refractivity (Wildman–Crippen MR) is 100 cm³/mol. The van der Waals surface area contributed by atoms with Gasteiger partial charge in [0, 0.05) is 5.69 Å². The smallest absolute Gasteiger partial charge is 0.276 e. The van der Waals surface area contributed by atoms with Crippen LogP contribution in [0, 0.1) is 17.1 Å². The molecular formula is C21H17FN4O2. The lowest BCUT2D eigenvalue weighted by Crippen LogP contribution is -2.46. The van der Waals surface area contributed by atoms with Gasteiger partial charge in [-0.05, 0) is 55.5 Å². The molecule has 1 aromatic heterocycles. The number of anilines is 1. The molecule has 0 N–H and O–H groups in total. The largest absolute Gasteiger partial charge is 0.487 e. The van der Waals surface area contributed by atoms with Gasteiger partial charge in [-0.25, -0.2) is 4.39 Å². The summed E-state index contributed by atoms with van der Waals surface area (Å²) in [7, 11) is 0. The third-order valence-corrected chi connectivity index (χ3v) is 4.60. The van der Waals surface area contributed by atoms with E-state index in [1.807, 2.05) is 6.92 Å². The fraction of sp³-hybridized carbons (Fsp3) is 0.190. The highest BCUT2D eigenvalue weighted by Gasteiger charge is 2.32. The van der Waals surface area contributed by atoms with Crippen LogP contribution < -0.4 is 9.64 Å². The fourth-order valence-corrected chi connectivity index (χ4v) is 3.29. The van der Waals surface area contributed by atoms with E-state index in [-0.39, 0.29) is 24.4 Å². The minimum Gasteiger partial charge on any atom is -0.487 e. The lowest BCUT2D eigenvalue weighted by Gasteiger charge is -2.33. The highest BCUT2D eigenvalue weighted by molar-refractivity contribution is 6.06. The van der Waals surface area contributed by atoms with Gasteiger partial charge >= 0.3 is 0 Å². The highest BCUT2D eigenvalue weighted by atomic mass is 19.1. The van der Waals surface area contributed by atoms with Gasteiger partial charge < -0.3 is 9.64 Å². The summed E-state index contributed by atoms with van der Waals surface area (Å²) >= 11 is 0. The van der Waals surface area contributed by atoms with Crippen molar-refractivity contribution < 1.29 is 13.9 Å². The summed E-state index contributed by atoms with van der Waals surface area (Å²) in [4.78, 5) is 14.6. The monoisotopic (exact) mass is 376 g/mol. The highest BCUT2D eigenvalue weighted by Crippen LogP contribution is 2.26. The first kappa shape index (κ1) is 17.7. The summed E-state index contributed by atoms with van der Waals surface area (Å²) in [5.41, 5.74) is 2.25. The van der Waals surface area contributed by atoms with Crippen molar-refractivity contribution in [2.45, 2.75) is 26.1 Å². The third-order valence-electron chi connectivity index (χ3n) is 4.60. The van der Waals surface area contributed by atoms with E-state index in [9.17, 15) is 9.18 Å². The lowest BCUT2D eigenvalue weighted by molar-refractivity contribution is 0.0947. The summed E-state index contributed by atoms with van der Waals surface area (Å²) in [6.07, 6.45) is 0. The lowest BCUT2D eigenvalue weighted by atomic mass is 10.1. The van der Waals surface area contributed by atoms with Crippen molar-refractivity contribution in [3.05, 3.63) is 77.4 Å². The van der Waals surface area contributed by atoms with Crippen LogP contribution >= 0.6 is 0 Å². The van der Waals surface area contributed by atoms with E-state index in [0.717, 1.165) is 0 Å². The SMILES string of the molecule is C[C@@H]1Cn2nc(COc3cccc(C#N)c3)cc2C(=O)N1c1ccc(F)cc1. The number of aromatic nitrogens is 2. The van der Waals surface area contributed by atoms with Gasteiger partial charge in [0.25, 0.3) is 5.91 Å². The Bertz CT molecular complexity index is 1070. The molecule has 7 heteroatoms. The van der Waals surface area contributed by atoms with Crippen LogP contribution in [0.5, 0.6) is 5.75 Å². The van der Waals surface area contributed by atoms with Gasteiger partial charge in [0.15, 0.2) is 0 Å². The van der Waals surface area contributed by atoms with Crippen molar-refractivity contribution in [1.82, 2.24) is 9.78 Å². The molecule has 1 aliphatic heterocycles. The van der Waals surface area contributed by atoms with Crippen LogP contribution in [-0.4, -0.2) is 21.7 Å². The molecule has 0 bridgehead atoms. The van der Waals surface area contributed by atoms with Crippen LogP contribution in [-0.2, 0) is 13.2 Å². The molecule has 0 aliphatic carbocycles. The second-order valence-electron chi connectivity index (χ2n) is 6.63. The molecule has 6 nitrogen and oxygen atoms in total. The molecule has 0 saturated carbocycles. The van der Waals surface area contributed by atoms with Gasteiger partial charge in [-0.3, -0.25) is 9.48 Å². The Balaban J connectivity index is 1.54. The topological polar surface area (TPSA) is 71.1 Å². The van der Waals surface area contributed by atoms with Crippen LogP contribution in [0.4, 0.5) is 10.1 Å². The number of nitriles is 1. The number of benzene rings is 2. The van der Waals surface area contributed by atoms with Gasteiger partial charge in [0.05, 0.1) is 24.2 Å². The Morgan fingerprint density at radius 2 is 2.04 bits per heavy atom. The van der Waals surface area contributed by atoms with E-state index in [4.69, 9.17) is 10.00 Å². The van der Waals surface area contributed by atoms with Gasteiger partial charge in [-0.2, -0.15) is 10.4 Å². The molecule has 2 aromatic carbocycles. The maximum atomic E-state index is 13.2. The Morgan fingerprint density at radius 3 is 2.79 bits per heavy atom. The molecule has 140 valence electrons. The number of halogens is 1. The minimum atomic E-state index is -0.342. The maximum Gasteiger partial charge on any atom is 0.276 e. The molecule has 1 atom stereocenters. The molecule has 28 heavy (non-hydrogen) atoms. The average molecular weight is 376 g/mol. The van der Waals surface area contributed by atoms with Gasteiger partial charge in [-0.15, -0.1) is 0 Å². The zero-order chi connectivity index (χ0) is 19.7. The second-order valence-corrected chi connectivity index (χ2v) is 6.63. The number of carbonyl (C=O) groups excluding carboxylic acids is 1. The molecule has 1 amide bonds. The van der Waals surface area contributed by atoms with Crippen molar-refractivity contribution in [2.24, 2.45) is 0 Å². The molecule has 0 unspecified atom stereocenters. The van der Waals surface area contributed by atoms with E-state index < -0.39 is 0 Å². The van der Waals surface area contributed by atoms with Crippen LogP contribution in [0.1, 0.15) is 28.7 Å². The normalized spacial score (nSPS) is 15.8. The Labute approximate surface area is 161 Å². The predicted octanol–water partition coefficient (Wildman–Crippen LogP) is 3.52. The van der Waals surface area contributed by atoms with Crippen molar-refractivity contribution in [3.63, 3.8) is 0 Å². The van der Waals surface area contributed by atoms with E-state index in [2.05, 4.69) is 11.2 Å². The molecule has 0 saturated heterocycles. The number of hydrogen-bond acceptors (Lipinski definition) is 4. The first-order chi connectivity index (χ1) is 13.5. The van der Waals surface area contributed by atoms with Crippen LogP contribution in [0.3, 0.4) is 0 Å². The molecule has 4 rings (SSSR count). The van der Waals surface area contributed by atoms with Crippen LogP contribution in [0.2, 0.25) is 0 Å². The molecule has 0 spiro atoms. The van der Waals surface area contributed by atoms with Gasteiger partial charge in [0.1, 0.15) is 29.6 Å². The standard InChI is InChI=1S/C21H17FN4O2/c1-14-12-25-20(21(27)26(14)18-7-5-16(22)6-8-18)10-17(24-25)13-28-19-4-2-3-15(9-19)11-23/h2-10,14H,12-13H2,1H3/t14-/m1/s1. The number of rotatable bonds is 4. The van der Waals surface area contributed by atoms with E-state index in [0.29, 0.717) is 34.9 Å². The summed E-state index contributed by atoms with van der Waals surface area (Å²) in [6, 6.07) is 16.4. The van der Waals surface area contributed by atoms with Gasteiger partial charge in [-0.1, -0.05) is 6.07 Å². The zero-order valence-corrected chi connectivity index (χ0v) is 15.2. The van der Waals surface area contributed by atoms with Crippen LogP contribution in [0.25, 0.3) is 0 Å². The summed E-state index contributed by atoms with van der Waals surface area (Å²) in [5.74, 6) is 0.0408. The summed E-state index contributed by atoms with van der Waals surface area (Å²) in [6.45, 7) is 2.64. The second kappa shape index (κ2) is 7.16. The number of carbonyl (C=O) groups is 1. The Hall–Kier alpha value is -3.66. The molecule has 1 aliphatic rings. The fourth-order valence-electron chi connectivity index (χ4n) is 3.29. The van der Waals surface area contributed by atoms with Gasteiger partial charge in [0.2, 0.25) is 0 Å². The third kappa shape index (κ3) is 3.32. The first-order valence-corrected chi connectivity index (χ1v) is 8.84. The Morgan fingerprint density at radius 1 is 1.25 bits per heavy atom. The van der Waals surface area contributed by atoms with Crippen LogP contribution in [0.15, 0.2) is 54.6 Å². The maximum absolute atomic E-state index is 13.2. The molecule has 3 aromatic rings. The number of fused-ring (bicyclic) bond motifs is 1. The Kier molecular flexibility index (Phi) is 4.53. The minimum absolute atomic E-state index is 0.119. The molecule has 0 fully saturated rings. The van der Waals surface area contributed by atoms with Crippen molar-refractivity contribution in [2.75, 3.05) is 4.90 Å².